The van der Waals surface area contributed by atoms with Gasteiger partial charge >= 0.3 is 11.9 Å². The van der Waals surface area contributed by atoms with Gasteiger partial charge < -0.3 is 18.9 Å². The van der Waals surface area contributed by atoms with Crippen LogP contribution in [0.1, 0.15) is 79.1 Å². The molecule has 0 fully saturated rings. The third kappa shape index (κ3) is 34.4. The third-order valence-electron chi connectivity index (χ3n) is 4.18. The number of carbonyl (C=O) groups excluding carboxylic acids is 2. The SMILES string of the molecule is CC(S)CC(=O)OCCCCOC(=O)CC(C)S.CC(S)CCOCCCCOCCC(C)S. The number of esters is 2. The van der Waals surface area contributed by atoms with Crippen LogP contribution in [0.15, 0.2) is 0 Å². The van der Waals surface area contributed by atoms with E-state index in [2.05, 4.69) is 64.4 Å². The Labute approximate surface area is 230 Å². The zero-order valence-corrected chi connectivity index (χ0v) is 25.0. The molecule has 0 aliphatic heterocycles. The molecule has 34 heavy (non-hydrogen) atoms. The Kier molecular flexibility index (Phi) is 28.2. The topological polar surface area (TPSA) is 71.1 Å². The van der Waals surface area contributed by atoms with E-state index in [1.807, 2.05) is 13.8 Å². The summed E-state index contributed by atoms with van der Waals surface area (Å²) >= 11 is 16.8. The van der Waals surface area contributed by atoms with Gasteiger partial charge in [0.25, 0.3) is 0 Å². The Balaban J connectivity index is 0. The van der Waals surface area contributed by atoms with Gasteiger partial charge in [-0.1, -0.05) is 27.7 Å². The molecule has 10 heteroatoms. The minimum absolute atomic E-state index is 0.0154. The van der Waals surface area contributed by atoms with Gasteiger partial charge in [0.2, 0.25) is 0 Å². The summed E-state index contributed by atoms with van der Waals surface area (Å²) in [5.74, 6) is -0.475. The van der Waals surface area contributed by atoms with Gasteiger partial charge in [-0.2, -0.15) is 50.5 Å². The summed E-state index contributed by atoms with van der Waals surface area (Å²) in [5.41, 5.74) is 0. The number of hydrogen-bond acceptors (Lipinski definition) is 10. The second kappa shape index (κ2) is 26.3. The zero-order valence-electron chi connectivity index (χ0n) is 21.4. The fraction of sp³-hybridized carbons (Fsp3) is 0.917. The molecule has 0 aromatic carbocycles. The molecule has 0 aliphatic carbocycles. The largest absolute Gasteiger partial charge is 0.466 e. The third-order valence-corrected chi connectivity index (χ3v) is 5.06. The summed E-state index contributed by atoms with van der Waals surface area (Å²) < 4.78 is 20.9. The molecule has 0 aliphatic rings. The monoisotopic (exact) mass is 560 g/mol. The van der Waals surface area contributed by atoms with Crippen molar-refractivity contribution in [2.75, 3.05) is 39.6 Å². The molecular weight excluding hydrogens is 513 g/mol. The van der Waals surface area contributed by atoms with Gasteiger partial charge in [-0.3, -0.25) is 9.59 Å². The molecule has 0 saturated heterocycles. The van der Waals surface area contributed by atoms with Crippen LogP contribution in [0.25, 0.3) is 0 Å². The lowest BCUT2D eigenvalue weighted by molar-refractivity contribution is -0.146. The van der Waals surface area contributed by atoms with Crippen LogP contribution in [0.3, 0.4) is 0 Å². The Hall–Kier alpha value is 0.260. The highest BCUT2D eigenvalue weighted by Gasteiger charge is 2.07. The van der Waals surface area contributed by atoms with E-state index in [0.29, 0.717) is 49.4 Å². The normalized spacial score (nSPS) is 14.4. The molecule has 0 radical (unpaired) electrons. The van der Waals surface area contributed by atoms with E-state index in [-0.39, 0.29) is 22.4 Å². The van der Waals surface area contributed by atoms with Gasteiger partial charge in [0.05, 0.1) is 26.1 Å². The molecular formula is C24H48O6S4. The number of thiol groups is 4. The smallest absolute Gasteiger partial charge is 0.306 e. The number of hydrogen-bond donors (Lipinski definition) is 4. The van der Waals surface area contributed by atoms with Gasteiger partial charge in [0.1, 0.15) is 0 Å². The van der Waals surface area contributed by atoms with Crippen molar-refractivity contribution in [3.8, 4) is 0 Å². The van der Waals surface area contributed by atoms with Gasteiger partial charge in [-0.05, 0) is 38.5 Å². The minimum atomic E-state index is -0.238. The summed E-state index contributed by atoms with van der Waals surface area (Å²) in [4.78, 5) is 22.3. The lowest BCUT2D eigenvalue weighted by Crippen LogP contribution is -2.12. The Morgan fingerprint density at radius 3 is 1.15 bits per heavy atom. The van der Waals surface area contributed by atoms with E-state index in [1.54, 1.807) is 0 Å². The van der Waals surface area contributed by atoms with Crippen molar-refractivity contribution < 1.29 is 28.5 Å². The number of carbonyl (C=O) groups is 2. The molecule has 0 aromatic rings. The van der Waals surface area contributed by atoms with Gasteiger partial charge in [-0.15, -0.1) is 0 Å². The molecule has 6 nitrogen and oxygen atoms in total. The molecule has 4 unspecified atom stereocenters. The average molecular weight is 561 g/mol. The summed E-state index contributed by atoms with van der Waals surface area (Å²) in [7, 11) is 0. The maximum Gasteiger partial charge on any atom is 0.306 e. The first-order chi connectivity index (χ1) is 16.0. The molecule has 0 amide bonds. The maximum absolute atomic E-state index is 11.2. The second-order valence-electron chi connectivity index (χ2n) is 8.46. The van der Waals surface area contributed by atoms with E-state index in [9.17, 15) is 9.59 Å². The summed E-state index contributed by atoms with van der Waals surface area (Å²) in [6, 6.07) is 0. The minimum Gasteiger partial charge on any atom is -0.466 e. The fourth-order valence-corrected chi connectivity index (χ4v) is 2.81. The van der Waals surface area contributed by atoms with Crippen LogP contribution >= 0.6 is 50.5 Å². The van der Waals surface area contributed by atoms with Crippen molar-refractivity contribution in [1.82, 2.24) is 0 Å². The molecule has 0 heterocycles. The summed E-state index contributed by atoms with van der Waals surface area (Å²) in [5, 5.41) is 0.904. The number of unbranched alkanes of at least 4 members (excludes halogenated alkanes) is 2. The number of rotatable bonds is 20. The van der Waals surface area contributed by atoms with E-state index in [4.69, 9.17) is 18.9 Å². The van der Waals surface area contributed by atoms with Crippen LogP contribution in [-0.2, 0) is 28.5 Å². The predicted molar refractivity (Wildman–Crippen MR) is 154 cm³/mol. The van der Waals surface area contributed by atoms with Gasteiger partial charge in [0, 0.05) is 47.4 Å². The molecule has 0 N–H and O–H groups in total. The van der Waals surface area contributed by atoms with Crippen molar-refractivity contribution in [3.63, 3.8) is 0 Å². The first kappa shape index (κ1) is 36.4. The van der Waals surface area contributed by atoms with E-state index in [1.165, 1.54) is 0 Å². The van der Waals surface area contributed by atoms with Crippen molar-refractivity contribution in [2.24, 2.45) is 0 Å². The standard InChI is InChI=1S/C12H22O4S2.C12H26O2S2/c1-9(17)7-11(13)15-5-3-4-6-16-12(14)8-10(2)18;1-11(15)5-9-13-7-3-4-8-14-10-6-12(2)16/h9-10,17-18H,3-8H2,1-2H3;11-12,15-16H,3-10H2,1-2H3. The van der Waals surface area contributed by atoms with Crippen molar-refractivity contribution >= 4 is 62.5 Å². The van der Waals surface area contributed by atoms with Crippen LogP contribution in [0.4, 0.5) is 0 Å². The maximum atomic E-state index is 11.2. The van der Waals surface area contributed by atoms with Gasteiger partial charge in [-0.25, -0.2) is 0 Å². The predicted octanol–water partition coefficient (Wildman–Crippen LogP) is 5.49. The Morgan fingerprint density at radius 2 is 0.853 bits per heavy atom. The molecule has 0 spiro atoms. The molecule has 0 aromatic heterocycles. The summed E-state index contributed by atoms with van der Waals surface area (Å²) in [6.45, 7) is 11.9. The highest BCUT2D eigenvalue weighted by atomic mass is 32.1. The Morgan fingerprint density at radius 1 is 0.529 bits per heavy atom. The van der Waals surface area contributed by atoms with Crippen LogP contribution in [-0.4, -0.2) is 72.6 Å². The lowest BCUT2D eigenvalue weighted by atomic mass is 10.3. The van der Waals surface area contributed by atoms with E-state index < -0.39 is 0 Å². The van der Waals surface area contributed by atoms with Crippen LogP contribution < -0.4 is 0 Å². The van der Waals surface area contributed by atoms with E-state index in [0.717, 1.165) is 52.1 Å². The molecule has 0 bridgehead atoms. The average Bonchev–Trinajstić information content (AvgIpc) is 2.71. The fourth-order valence-electron chi connectivity index (χ4n) is 2.30. The molecule has 0 saturated carbocycles. The van der Waals surface area contributed by atoms with Crippen LogP contribution in [0.5, 0.6) is 0 Å². The lowest BCUT2D eigenvalue weighted by Gasteiger charge is -2.07. The van der Waals surface area contributed by atoms with Crippen molar-refractivity contribution in [1.29, 1.82) is 0 Å². The molecule has 4 atom stereocenters. The number of ether oxygens (including phenoxy) is 4. The van der Waals surface area contributed by atoms with E-state index >= 15 is 0 Å². The van der Waals surface area contributed by atoms with Crippen LogP contribution in [0, 0.1) is 0 Å². The quantitative estimate of drug-likeness (QED) is 0.0897. The first-order valence-electron chi connectivity index (χ1n) is 12.2. The molecule has 204 valence electrons. The Bertz CT molecular complexity index is 434. The second-order valence-corrected chi connectivity index (χ2v) is 12.0. The summed E-state index contributed by atoms with van der Waals surface area (Å²) in [6.07, 6.45) is 6.23. The zero-order chi connectivity index (χ0) is 26.2. The highest BCUT2D eigenvalue weighted by Crippen LogP contribution is 2.04. The van der Waals surface area contributed by atoms with Crippen LogP contribution in [0.2, 0.25) is 0 Å². The molecule has 0 rings (SSSR count). The van der Waals surface area contributed by atoms with Crippen molar-refractivity contribution in [3.05, 3.63) is 0 Å². The highest BCUT2D eigenvalue weighted by molar-refractivity contribution is 7.81. The first-order valence-corrected chi connectivity index (χ1v) is 14.3. The van der Waals surface area contributed by atoms with Gasteiger partial charge in [0.15, 0.2) is 0 Å². The van der Waals surface area contributed by atoms with Crippen molar-refractivity contribution in [2.45, 2.75) is 100 Å².